The fraction of sp³-hybridized carbons (Fsp3) is 0. The Labute approximate surface area is 30.6 Å². The van der Waals surface area contributed by atoms with Gasteiger partial charge in [-0.15, -0.1) is 0 Å². The summed E-state index contributed by atoms with van der Waals surface area (Å²) in [5.74, 6) is 0. The van der Waals surface area contributed by atoms with E-state index in [1.165, 1.54) is 6.41 Å². The Morgan fingerprint density at radius 1 is 1.80 bits per heavy atom. The molecule has 0 aliphatic heterocycles. The quantitative estimate of drug-likeness (QED) is 0.362. The molecule has 1 N–H and O–H groups in total. The molecule has 1 unspecified atom stereocenters. The maximum Gasteiger partial charge on any atom is 0.314 e. The van der Waals surface area contributed by atoms with Gasteiger partial charge >= 0.3 is 6.41 Å². The molecule has 0 bridgehead atoms. The summed E-state index contributed by atoms with van der Waals surface area (Å²) in [6.45, 7) is 0. The van der Waals surface area contributed by atoms with Crippen molar-refractivity contribution in [2.45, 2.75) is 0 Å². The van der Waals surface area contributed by atoms with E-state index in [-0.39, 0.29) is 0 Å². The smallest absolute Gasteiger partial charge is 0.307 e. The summed E-state index contributed by atoms with van der Waals surface area (Å²) in [7, 11) is -1.14. The average Bonchev–Trinajstić information content (AvgIpc) is 1.41. The van der Waals surface area contributed by atoms with Crippen molar-refractivity contribution >= 4 is 15.0 Å². The molecule has 1 amide bonds. The van der Waals surface area contributed by atoms with Crippen molar-refractivity contribution in [3.05, 3.63) is 0 Å². The first-order valence-electron chi connectivity index (χ1n) is 0.979. The van der Waals surface area contributed by atoms with Gasteiger partial charge in [-0.1, -0.05) is 0 Å². The number of carbonyl (C=O) groups excluding carboxylic acids is 1. The lowest BCUT2D eigenvalue weighted by molar-refractivity contribution is 0.551. The molecule has 5 heavy (non-hydrogen) atoms. The summed E-state index contributed by atoms with van der Waals surface area (Å²) < 4.78 is 9.24. The van der Waals surface area contributed by atoms with E-state index < -0.39 is 8.61 Å². The van der Waals surface area contributed by atoms with Gasteiger partial charge in [-0.25, -0.2) is 0 Å². The van der Waals surface area contributed by atoms with E-state index in [9.17, 15) is 4.57 Å². The molecule has 0 aliphatic carbocycles. The molecule has 0 saturated heterocycles. The van der Waals surface area contributed by atoms with Crippen LogP contribution in [0.15, 0.2) is 0 Å². The lowest BCUT2D eigenvalue weighted by atomic mass is 11.5. The zero-order valence-corrected chi connectivity index (χ0v) is 3.55. The lowest BCUT2D eigenvalue weighted by Gasteiger charge is -1.64. The molecular formula is CH3NO2P. The molecule has 0 aliphatic rings. The Morgan fingerprint density at radius 3 is 2.40 bits per heavy atom. The van der Waals surface area contributed by atoms with Crippen LogP contribution in [0.2, 0.25) is 0 Å². The van der Waals surface area contributed by atoms with Gasteiger partial charge in [-0.05, 0) is 0 Å². The van der Waals surface area contributed by atoms with Crippen LogP contribution in [0.3, 0.4) is 0 Å². The Balaban J connectivity index is 2.65. The predicted octanol–water partition coefficient (Wildman–Crippen LogP) is -0.685. The summed E-state index contributed by atoms with van der Waals surface area (Å²) >= 11 is 0. The third-order valence-electron chi connectivity index (χ3n) is 0.118. The second-order valence-electron chi connectivity index (χ2n) is 0.364. The number of hydrogen-bond acceptors (Lipinski definition) is 2. The van der Waals surface area contributed by atoms with Gasteiger partial charge in [0.05, 0.1) is 0 Å². The highest BCUT2D eigenvalue weighted by atomic mass is 31.1. The Kier molecular flexibility index (Phi) is 3.48. The minimum absolute atomic E-state index is 1.14. The molecule has 0 heterocycles. The van der Waals surface area contributed by atoms with Gasteiger partial charge in [0.15, 0.2) is 0 Å². The van der Waals surface area contributed by atoms with E-state index >= 15 is 0 Å². The van der Waals surface area contributed by atoms with E-state index in [0.717, 1.165) is 0 Å². The van der Waals surface area contributed by atoms with Crippen molar-refractivity contribution < 1.29 is 9.36 Å². The minimum atomic E-state index is -1.14. The van der Waals surface area contributed by atoms with Crippen molar-refractivity contribution in [3.8, 4) is 0 Å². The first-order valence-corrected chi connectivity index (χ1v) is 2.03. The van der Waals surface area contributed by atoms with E-state index in [1.54, 1.807) is 0 Å². The van der Waals surface area contributed by atoms with Gasteiger partial charge in [0.25, 0.3) is 0 Å². The van der Waals surface area contributed by atoms with Crippen LogP contribution in [0.5, 0.6) is 0 Å². The van der Waals surface area contributed by atoms with Gasteiger partial charge in [0.1, 0.15) is 8.61 Å². The van der Waals surface area contributed by atoms with Crippen molar-refractivity contribution in [1.82, 2.24) is 5.09 Å². The largest absolute Gasteiger partial charge is 0.314 e. The number of amides is 1. The van der Waals surface area contributed by atoms with E-state index in [2.05, 4.69) is 0 Å². The fourth-order valence-corrected chi connectivity index (χ4v) is 0.0722. The fourth-order valence-electron chi connectivity index (χ4n) is 0.0241. The SMILES string of the molecule is O=[C]N[PH2]=O. The first kappa shape index (κ1) is 4.70. The molecule has 0 aromatic heterocycles. The monoisotopic (exact) mass is 92.0 g/mol. The summed E-state index contributed by atoms with van der Waals surface area (Å²) in [5, 5.41) is 1.83. The van der Waals surface area contributed by atoms with Crippen molar-refractivity contribution in [1.29, 1.82) is 0 Å². The van der Waals surface area contributed by atoms with Gasteiger partial charge in [0, 0.05) is 0 Å². The van der Waals surface area contributed by atoms with Crippen LogP contribution < -0.4 is 5.09 Å². The standard InChI is InChI=1S/CH3NO2P/c3-1-2-5-4/h5H2,(H,2,3,4). The minimum Gasteiger partial charge on any atom is -0.307 e. The van der Waals surface area contributed by atoms with Crippen LogP contribution in [-0.2, 0) is 9.36 Å². The van der Waals surface area contributed by atoms with E-state index in [0.29, 0.717) is 0 Å². The highest BCUT2D eigenvalue weighted by Crippen LogP contribution is 1.69. The van der Waals surface area contributed by atoms with E-state index in [1.807, 2.05) is 5.09 Å². The molecule has 3 nitrogen and oxygen atoms in total. The molecule has 29 valence electrons. The molecule has 0 aromatic carbocycles. The lowest BCUT2D eigenvalue weighted by Crippen LogP contribution is -1.88. The van der Waals surface area contributed by atoms with Crippen LogP contribution in [0.1, 0.15) is 0 Å². The second-order valence-corrected chi connectivity index (χ2v) is 0.889. The van der Waals surface area contributed by atoms with Crippen LogP contribution in [0, 0.1) is 0 Å². The third kappa shape index (κ3) is 3.70. The molecular weight excluding hydrogens is 89.0 g/mol. The molecule has 0 fully saturated rings. The Bertz CT molecular complexity index is 38.9. The molecule has 0 aromatic rings. The van der Waals surface area contributed by atoms with Crippen molar-refractivity contribution in [3.63, 3.8) is 0 Å². The maximum atomic E-state index is 9.24. The highest BCUT2D eigenvalue weighted by Gasteiger charge is 1.58. The number of hydrogen-bond donors (Lipinski definition) is 1. The van der Waals surface area contributed by atoms with Gasteiger partial charge in [0.2, 0.25) is 0 Å². The van der Waals surface area contributed by atoms with Gasteiger partial charge in [-0.2, -0.15) is 0 Å². The third-order valence-corrected chi connectivity index (χ3v) is 0.354. The van der Waals surface area contributed by atoms with Gasteiger partial charge in [-0.3, -0.25) is 4.79 Å². The molecule has 0 rings (SSSR count). The molecule has 1 atom stereocenters. The molecule has 1 radical (unpaired) electrons. The summed E-state index contributed by atoms with van der Waals surface area (Å²) in [6, 6.07) is 0. The zero-order chi connectivity index (χ0) is 4.12. The zero-order valence-electron chi connectivity index (χ0n) is 2.39. The Morgan fingerprint density at radius 2 is 2.40 bits per heavy atom. The first-order chi connectivity index (χ1) is 2.41. The van der Waals surface area contributed by atoms with Gasteiger partial charge < -0.3 is 9.65 Å². The normalized spacial score (nSPS) is 8.80. The summed E-state index contributed by atoms with van der Waals surface area (Å²) in [5.41, 5.74) is 0. The van der Waals surface area contributed by atoms with Crippen LogP contribution in [0.4, 0.5) is 0 Å². The van der Waals surface area contributed by atoms with E-state index in [4.69, 9.17) is 4.79 Å². The van der Waals surface area contributed by atoms with Crippen molar-refractivity contribution in [2.24, 2.45) is 0 Å². The summed E-state index contributed by atoms with van der Waals surface area (Å²) in [4.78, 5) is 8.99. The topological polar surface area (TPSA) is 46.2 Å². The maximum absolute atomic E-state index is 9.24. The summed E-state index contributed by atoms with van der Waals surface area (Å²) in [6.07, 6.45) is 1.24. The predicted molar refractivity (Wildman–Crippen MR) is 19.2 cm³/mol. The second kappa shape index (κ2) is 3.70. The molecule has 4 heteroatoms. The van der Waals surface area contributed by atoms with Crippen LogP contribution in [0.25, 0.3) is 0 Å². The molecule has 0 saturated carbocycles. The van der Waals surface area contributed by atoms with Crippen molar-refractivity contribution in [2.75, 3.05) is 0 Å². The Hall–Kier alpha value is -0.300. The van der Waals surface area contributed by atoms with Crippen LogP contribution in [-0.4, -0.2) is 6.41 Å². The van der Waals surface area contributed by atoms with Crippen LogP contribution >= 0.6 is 8.61 Å². The molecule has 0 spiro atoms. The highest BCUT2D eigenvalue weighted by molar-refractivity contribution is 7.22. The average molecular weight is 92.0 g/mol. The number of nitrogens with one attached hydrogen (secondary N) is 1. The number of rotatable bonds is 2.